The Hall–Kier alpha value is -0.740. The van der Waals surface area contributed by atoms with Gasteiger partial charge in [-0.25, -0.2) is 0 Å². The highest BCUT2D eigenvalue weighted by Gasteiger charge is 2.63. The summed E-state index contributed by atoms with van der Waals surface area (Å²) in [6, 6.07) is 0. The first-order valence-electron chi connectivity index (χ1n) is 12.6. The van der Waals surface area contributed by atoms with E-state index in [9.17, 15) is 9.59 Å². The Labute approximate surface area is 182 Å². The number of hydrogen-bond donors (Lipinski definition) is 0. The molecule has 4 aliphatic carbocycles. The molecule has 170 valence electrons. The van der Waals surface area contributed by atoms with Crippen molar-refractivity contribution in [2.45, 2.75) is 92.3 Å². The molecule has 0 spiro atoms. The maximum absolute atomic E-state index is 13.4. The lowest BCUT2D eigenvalue weighted by atomic mass is 9.44. The topological polar surface area (TPSA) is 52.6 Å². The van der Waals surface area contributed by atoms with E-state index in [-0.39, 0.29) is 23.0 Å². The molecule has 4 heteroatoms. The van der Waals surface area contributed by atoms with E-state index in [2.05, 4.69) is 20.8 Å². The van der Waals surface area contributed by atoms with Crippen LogP contribution in [0.15, 0.2) is 0 Å². The fraction of sp³-hybridized carbons (Fsp3) is 0.923. The Morgan fingerprint density at radius 2 is 1.57 bits per heavy atom. The highest BCUT2D eigenvalue weighted by atomic mass is 16.7. The summed E-state index contributed by atoms with van der Waals surface area (Å²) in [5.41, 5.74) is 0.411. The smallest absolute Gasteiger partial charge is 0.160 e. The number of ether oxygens (including phenoxy) is 2. The first-order valence-corrected chi connectivity index (χ1v) is 12.6. The fourth-order valence-electron chi connectivity index (χ4n) is 8.50. The molecule has 0 amide bonds. The molecule has 4 unspecified atom stereocenters. The zero-order valence-corrected chi connectivity index (χ0v) is 19.7. The van der Waals surface area contributed by atoms with Crippen LogP contribution < -0.4 is 0 Å². The molecule has 0 aromatic rings. The molecule has 1 heterocycles. The second-order valence-electron chi connectivity index (χ2n) is 11.1. The third-order valence-corrected chi connectivity index (χ3v) is 10.1. The standard InChI is InChI=1S/C24H36O4.C2H6/c1-14(22-27-10-11-28-22)17-4-5-18-21-19(7-9-24(17,18)3)23(2)8-6-16(25)12-15(23)13-20(21)26;1-2/h14-15,17-19,21-22H,4-13H2,1-3H3;1-2H3/t14-,15?,17+,18?,19?,21?,23-,24+;/m0./s1. The van der Waals surface area contributed by atoms with Crippen molar-refractivity contribution in [1.82, 2.24) is 0 Å². The van der Waals surface area contributed by atoms with Crippen LogP contribution in [0.5, 0.6) is 0 Å². The maximum atomic E-state index is 13.4. The van der Waals surface area contributed by atoms with Gasteiger partial charge < -0.3 is 9.47 Å². The molecule has 4 saturated carbocycles. The van der Waals surface area contributed by atoms with Crippen molar-refractivity contribution in [3.05, 3.63) is 0 Å². The zero-order valence-electron chi connectivity index (χ0n) is 19.7. The van der Waals surface area contributed by atoms with Gasteiger partial charge in [0.1, 0.15) is 11.6 Å². The van der Waals surface area contributed by atoms with Crippen molar-refractivity contribution in [3.8, 4) is 0 Å². The molecule has 0 aromatic carbocycles. The van der Waals surface area contributed by atoms with Crippen LogP contribution in [0.4, 0.5) is 0 Å². The van der Waals surface area contributed by atoms with Crippen LogP contribution in [0.3, 0.4) is 0 Å². The molecule has 5 rings (SSSR count). The number of carbonyl (C=O) groups is 2. The van der Waals surface area contributed by atoms with E-state index in [1.807, 2.05) is 13.8 Å². The molecule has 4 nitrogen and oxygen atoms in total. The number of fused-ring (bicyclic) bond motifs is 5. The fourth-order valence-corrected chi connectivity index (χ4v) is 8.50. The van der Waals surface area contributed by atoms with Crippen molar-refractivity contribution in [1.29, 1.82) is 0 Å². The Bertz CT molecular complexity index is 668. The van der Waals surface area contributed by atoms with Crippen LogP contribution in [0.2, 0.25) is 0 Å². The van der Waals surface area contributed by atoms with Crippen molar-refractivity contribution in [3.63, 3.8) is 0 Å². The van der Waals surface area contributed by atoms with E-state index < -0.39 is 0 Å². The third kappa shape index (κ3) is 3.32. The molecule has 0 bridgehead atoms. The summed E-state index contributed by atoms with van der Waals surface area (Å²) in [5.74, 6) is 3.32. The lowest BCUT2D eigenvalue weighted by Gasteiger charge is -2.59. The van der Waals surface area contributed by atoms with E-state index in [1.54, 1.807) is 0 Å². The normalized spacial score (nSPS) is 47.0. The number of carbonyl (C=O) groups excluding carboxylic acids is 2. The summed E-state index contributed by atoms with van der Waals surface area (Å²) in [6.45, 7) is 12.6. The molecule has 5 aliphatic rings. The minimum Gasteiger partial charge on any atom is -0.350 e. The SMILES string of the molecule is CC.C[C@H](C1OCCO1)[C@H]1CCC2C3C(=O)CC4CC(=O)CC[C@]4(C)C3CC[C@@]21C. The quantitative estimate of drug-likeness (QED) is 0.600. The Morgan fingerprint density at radius 1 is 0.900 bits per heavy atom. The van der Waals surface area contributed by atoms with E-state index in [0.29, 0.717) is 67.2 Å². The van der Waals surface area contributed by atoms with Crippen molar-refractivity contribution in [2.75, 3.05) is 13.2 Å². The molecule has 30 heavy (non-hydrogen) atoms. The second kappa shape index (κ2) is 8.31. The summed E-state index contributed by atoms with van der Waals surface area (Å²) in [7, 11) is 0. The summed E-state index contributed by atoms with van der Waals surface area (Å²) in [4.78, 5) is 25.5. The molecule has 8 atom stereocenters. The third-order valence-electron chi connectivity index (χ3n) is 10.1. The summed E-state index contributed by atoms with van der Waals surface area (Å²) in [5, 5.41) is 0. The Balaban J connectivity index is 0.00000106. The minimum atomic E-state index is -0.0633. The van der Waals surface area contributed by atoms with Gasteiger partial charge in [-0.15, -0.1) is 0 Å². The van der Waals surface area contributed by atoms with Crippen LogP contribution in [0.25, 0.3) is 0 Å². The van der Waals surface area contributed by atoms with Crippen LogP contribution in [0.1, 0.15) is 86.0 Å². The number of ketones is 2. The average Bonchev–Trinajstić information content (AvgIpc) is 3.38. The lowest BCUT2D eigenvalue weighted by Crippen LogP contribution is -2.57. The Morgan fingerprint density at radius 3 is 2.27 bits per heavy atom. The van der Waals surface area contributed by atoms with E-state index in [1.165, 1.54) is 19.3 Å². The number of hydrogen-bond acceptors (Lipinski definition) is 4. The number of rotatable bonds is 2. The predicted octanol–water partition coefficient (Wildman–Crippen LogP) is 5.43. The van der Waals surface area contributed by atoms with Crippen LogP contribution >= 0.6 is 0 Å². The van der Waals surface area contributed by atoms with Gasteiger partial charge in [-0.2, -0.15) is 0 Å². The summed E-state index contributed by atoms with van der Waals surface area (Å²) < 4.78 is 11.7. The van der Waals surface area contributed by atoms with Gasteiger partial charge in [-0.3, -0.25) is 9.59 Å². The molecular weight excluding hydrogens is 376 g/mol. The predicted molar refractivity (Wildman–Crippen MR) is 117 cm³/mol. The summed E-state index contributed by atoms with van der Waals surface area (Å²) in [6.07, 6.45) is 7.68. The molecule has 0 radical (unpaired) electrons. The monoisotopic (exact) mass is 418 g/mol. The highest BCUT2D eigenvalue weighted by molar-refractivity contribution is 5.86. The van der Waals surface area contributed by atoms with Crippen LogP contribution in [-0.2, 0) is 19.1 Å². The molecule has 1 saturated heterocycles. The van der Waals surface area contributed by atoms with E-state index in [0.717, 1.165) is 19.3 Å². The van der Waals surface area contributed by atoms with Crippen molar-refractivity contribution >= 4 is 11.6 Å². The first kappa shape index (κ1) is 22.5. The van der Waals surface area contributed by atoms with Gasteiger partial charge in [0.2, 0.25) is 0 Å². The van der Waals surface area contributed by atoms with Gasteiger partial charge in [-0.1, -0.05) is 34.6 Å². The summed E-state index contributed by atoms with van der Waals surface area (Å²) >= 11 is 0. The molecule has 5 fully saturated rings. The largest absolute Gasteiger partial charge is 0.350 e. The van der Waals surface area contributed by atoms with E-state index >= 15 is 0 Å². The van der Waals surface area contributed by atoms with E-state index in [4.69, 9.17) is 9.47 Å². The highest BCUT2D eigenvalue weighted by Crippen LogP contribution is 2.67. The average molecular weight is 419 g/mol. The van der Waals surface area contributed by atoms with Crippen molar-refractivity contribution < 1.29 is 19.1 Å². The van der Waals surface area contributed by atoms with Gasteiger partial charge in [0.15, 0.2) is 6.29 Å². The van der Waals surface area contributed by atoms with Crippen LogP contribution in [-0.4, -0.2) is 31.1 Å². The maximum Gasteiger partial charge on any atom is 0.160 e. The molecule has 0 aromatic heterocycles. The van der Waals surface area contributed by atoms with Crippen molar-refractivity contribution in [2.24, 2.45) is 46.3 Å². The minimum absolute atomic E-state index is 0.0633. The van der Waals surface area contributed by atoms with Gasteiger partial charge in [0.25, 0.3) is 0 Å². The Kier molecular flexibility index (Phi) is 6.22. The number of Topliss-reactive ketones (excluding diaryl/α,β-unsaturated/α-hetero) is 2. The molecular formula is C26H42O4. The lowest BCUT2D eigenvalue weighted by molar-refractivity contribution is -0.162. The van der Waals surface area contributed by atoms with Gasteiger partial charge in [0.05, 0.1) is 13.2 Å². The first-order chi connectivity index (χ1) is 14.3. The molecule has 0 N–H and O–H groups in total. The van der Waals surface area contributed by atoms with Gasteiger partial charge in [0, 0.05) is 31.1 Å². The van der Waals surface area contributed by atoms with Gasteiger partial charge >= 0.3 is 0 Å². The van der Waals surface area contributed by atoms with Crippen LogP contribution in [0, 0.1) is 46.3 Å². The van der Waals surface area contributed by atoms with Gasteiger partial charge in [-0.05, 0) is 66.6 Å². The molecule has 1 aliphatic heterocycles. The second-order valence-corrected chi connectivity index (χ2v) is 11.1. The zero-order chi connectivity index (χ0) is 21.7.